The van der Waals surface area contributed by atoms with E-state index in [9.17, 15) is 9.18 Å². The summed E-state index contributed by atoms with van der Waals surface area (Å²) < 4.78 is 29.6. The Labute approximate surface area is 192 Å². The van der Waals surface area contributed by atoms with E-state index in [1.54, 1.807) is 30.0 Å². The zero-order chi connectivity index (χ0) is 22.7. The molecule has 2 aromatic heterocycles. The topological polar surface area (TPSA) is 67.2 Å². The molecule has 2 aliphatic rings. The van der Waals surface area contributed by atoms with Crippen molar-refractivity contribution in [3.8, 4) is 5.69 Å². The van der Waals surface area contributed by atoms with Crippen molar-refractivity contribution in [3.63, 3.8) is 0 Å². The maximum absolute atomic E-state index is 15.2. The minimum absolute atomic E-state index is 0.00835. The lowest BCUT2D eigenvalue weighted by molar-refractivity contribution is 0.0587. The second-order valence-corrected chi connectivity index (χ2v) is 9.55. The summed E-state index contributed by atoms with van der Waals surface area (Å²) in [5, 5.41) is 9.01. The first-order valence-electron chi connectivity index (χ1n) is 10.8. The Morgan fingerprint density at radius 3 is 2.76 bits per heavy atom. The molecule has 1 unspecified atom stereocenters. The fourth-order valence-electron chi connectivity index (χ4n) is 4.75. The molecule has 4 heterocycles. The summed E-state index contributed by atoms with van der Waals surface area (Å²) in [6.45, 7) is 3.55. The molecule has 2 fully saturated rings. The highest BCUT2D eigenvalue weighted by Crippen LogP contribution is 2.40. The number of carbonyl (C=O) groups is 1. The minimum Gasteiger partial charge on any atom is -0.343 e. The number of fused-ring (bicyclic) bond motifs is 2. The van der Waals surface area contributed by atoms with Crippen LogP contribution in [0, 0.1) is 24.5 Å². The number of benzene rings is 2. The minimum atomic E-state index is -0.546. The average molecular weight is 467 g/mol. The van der Waals surface area contributed by atoms with Crippen molar-refractivity contribution in [1.29, 1.82) is 0 Å². The molecule has 33 heavy (non-hydrogen) atoms. The average Bonchev–Trinajstić information content (AvgIpc) is 3.45. The normalized spacial score (nSPS) is 20.1. The Bertz CT molecular complexity index is 1370. The Kier molecular flexibility index (Phi) is 4.65. The van der Waals surface area contributed by atoms with Crippen LogP contribution in [0.2, 0.25) is 0 Å². The third-order valence-corrected chi connectivity index (χ3v) is 7.64. The molecular weight excluding hydrogens is 446 g/mol. The monoisotopic (exact) mass is 466 g/mol. The van der Waals surface area contributed by atoms with E-state index in [2.05, 4.69) is 20.1 Å². The van der Waals surface area contributed by atoms with Gasteiger partial charge in [-0.25, -0.2) is 13.8 Å². The SMILES string of the molecule is Cc1ccc(-n2nccn2)c(C(=O)N2CCC3CN(c4nc5ccc(F)cc5s4)[C@@H]3C2)c1F. The van der Waals surface area contributed by atoms with Crippen molar-refractivity contribution >= 4 is 32.6 Å². The summed E-state index contributed by atoms with van der Waals surface area (Å²) in [4.78, 5) is 23.4. The molecule has 0 aliphatic carbocycles. The smallest absolute Gasteiger partial charge is 0.259 e. The van der Waals surface area contributed by atoms with Gasteiger partial charge in [-0.2, -0.15) is 15.0 Å². The summed E-state index contributed by atoms with van der Waals surface area (Å²) in [6.07, 6.45) is 3.83. The molecule has 2 aromatic carbocycles. The van der Waals surface area contributed by atoms with Gasteiger partial charge in [0.15, 0.2) is 5.13 Å². The largest absolute Gasteiger partial charge is 0.343 e. The molecule has 4 aromatic rings. The zero-order valence-electron chi connectivity index (χ0n) is 17.8. The summed E-state index contributed by atoms with van der Waals surface area (Å²) in [5.41, 5.74) is 1.48. The molecule has 0 bridgehead atoms. The first-order valence-corrected chi connectivity index (χ1v) is 11.6. The molecule has 2 aliphatic heterocycles. The number of hydrogen-bond donors (Lipinski definition) is 0. The quantitative estimate of drug-likeness (QED) is 0.459. The molecule has 168 valence electrons. The fraction of sp³-hybridized carbons (Fsp3) is 0.304. The van der Waals surface area contributed by atoms with E-state index < -0.39 is 5.82 Å². The van der Waals surface area contributed by atoms with Crippen molar-refractivity contribution in [1.82, 2.24) is 24.9 Å². The number of rotatable bonds is 3. The number of aromatic nitrogens is 4. The van der Waals surface area contributed by atoms with Crippen LogP contribution in [-0.4, -0.2) is 56.5 Å². The number of amides is 1. The van der Waals surface area contributed by atoms with Crippen LogP contribution in [0.25, 0.3) is 15.9 Å². The predicted octanol–water partition coefficient (Wildman–Crippen LogP) is 3.81. The fourth-order valence-corrected chi connectivity index (χ4v) is 5.81. The first kappa shape index (κ1) is 20.2. The van der Waals surface area contributed by atoms with E-state index in [0.29, 0.717) is 30.3 Å². The third kappa shape index (κ3) is 3.28. The first-order chi connectivity index (χ1) is 16.0. The number of piperidine rings is 1. The van der Waals surface area contributed by atoms with Gasteiger partial charge in [0.05, 0.1) is 28.7 Å². The molecule has 2 atom stereocenters. The van der Waals surface area contributed by atoms with Gasteiger partial charge in [-0.05, 0) is 43.2 Å². The standard InChI is InChI=1S/C23H20F2N6OS/c1-13-2-5-17(31-26-7-8-27-31)20(21(13)25)22(32)29-9-6-14-11-30(18(14)12-29)23-28-16-4-3-15(24)10-19(16)33-23/h2-5,7-8,10,14,18H,6,9,11-12H2,1H3/t14?,18-/m1/s1. The van der Waals surface area contributed by atoms with Crippen molar-refractivity contribution in [3.05, 3.63) is 65.5 Å². The molecule has 10 heteroatoms. The maximum Gasteiger partial charge on any atom is 0.259 e. The van der Waals surface area contributed by atoms with Gasteiger partial charge >= 0.3 is 0 Å². The lowest BCUT2D eigenvalue weighted by atomic mass is 9.82. The van der Waals surface area contributed by atoms with E-state index >= 15 is 4.39 Å². The van der Waals surface area contributed by atoms with Crippen LogP contribution in [0.1, 0.15) is 22.3 Å². The number of thiazole rings is 1. The lowest BCUT2D eigenvalue weighted by Crippen LogP contribution is -2.65. The highest BCUT2D eigenvalue weighted by molar-refractivity contribution is 7.22. The molecule has 1 amide bonds. The van der Waals surface area contributed by atoms with Crippen molar-refractivity contribution in [2.24, 2.45) is 5.92 Å². The van der Waals surface area contributed by atoms with E-state index in [0.717, 1.165) is 28.3 Å². The molecule has 0 saturated carbocycles. The van der Waals surface area contributed by atoms with E-state index in [-0.39, 0.29) is 23.3 Å². The second kappa shape index (κ2) is 7.58. The lowest BCUT2D eigenvalue weighted by Gasteiger charge is -2.53. The molecule has 0 spiro atoms. The van der Waals surface area contributed by atoms with Crippen LogP contribution in [0.4, 0.5) is 13.9 Å². The molecule has 0 radical (unpaired) electrons. The van der Waals surface area contributed by atoms with Crippen LogP contribution in [0.3, 0.4) is 0 Å². The second-order valence-electron chi connectivity index (χ2n) is 8.54. The summed E-state index contributed by atoms with van der Waals surface area (Å²) >= 11 is 1.45. The van der Waals surface area contributed by atoms with E-state index in [1.165, 1.54) is 40.7 Å². The van der Waals surface area contributed by atoms with E-state index in [1.807, 2.05) is 0 Å². The van der Waals surface area contributed by atoms with Gasteiger partial charge < -0.3 is 9.80 Å². The Balaban J connectivity index is 1.29. The van der Waals surface area contributed by atoms with Crippen molar-refractivity contribution in [2.75, 3.05) is 24.5 Å². The molecule has 2 saturated heterocycles. The summed E-state index contributed by atoms with van der Waals surface area (Å²) in [6, 6.07) is 8.00. The van der Waals surface area contributed by atoms with Gasteiger partial charge in [-0.3, -0.25) is 4.79 Å². The number of carbonyl (C=O) groups excluding carboxylic acids is 1. The molecular formula is C23H20F2N6OS. The molecule has 6 rings (SSSR count). The third-order valence-electron chi connectivity index (χ3n) is 6.59. The number of halogens is 2. The Morgan fingerprint density at radius 1 is 1.12 bits per heavy atom. The number of likely N-dealkylation sites (tertiary alicyclic amines) is 1. The Morgan fingerprint density at radius 2 is 1.94 bits per heavy atom. The zero-order valence-corrected chi connectivity index (χ0v) is 18.6. The van der Waals surface area contributed by atoms with Gasteiger partial charge in [0.25, 0.3) is 5.91 Å². The van der Waals surface area contributed by atoms with Gasteiger partial charge in [0.1, 0.15) is 22.9 Å². The molecule has 7 nitrogen and oxygen atoms in total. The van der Waals surface area contributed by atoms with Crippen LogP contribution in [0.5, 0.6) is 0 Å². The number of nitrogens with zero attached hydrogens (tertiary/aromatic N) is 6. The van der Waals surface area contributed by atoms with Crippen LogP contribution in [-0.2, 0) is 0 Å². The van der Waals surface area contributed by atoms with Crippen LogP contribution in [0.15, 0.2) is 42.7 Å². The van der Waals surface area contributed by atoms with Gasteiger partial charge in [-0.1, -0.05) is 17.4 Å². The Hall–Kier alpha value is -3.40. The highest BCUT2D eigenvalue weighted by atomic mass is 32.1. The molecule has 0 N–H and O–H groups in total. The van der Waals surface area contributed by atoms with Gasteiger partial charge in [0, 0.05) is 25.6 Å². The number of aryl methyl sites for hydroxylation is 1. The van der Waals surface area contributed by atoms with Crippen LogP contribution < -0.4 is 4.90 Å². The van der Waals surface area contributed by atoms with Gasteiger partial charge in [-0.15, -0.1) is 0 Å². The highest BCUT2D eigenvalue weighted by Gasteiger charge is 2.45. The number of hydrogen-bond acceptors (Lipinski definition) is 6. The number of anilines is 1. The summed E-state index contributed by atoms with van der Waals surface area (Å²) in [5.74, 6) is -0.737. The maximum atomic E-state index is 15.2. The van der Waals surface area contributed by atoms with Gasteiger partial charge in [0.2, 0.25) is 0 Å². The van der Waals surface area contributed by atoms with Crippen LogP contribution >= 0.6 is 11.3 Å². The summed E-state index contributed by atoms with van der Waals surface area (Å²) in [7, 11) is 0. The van der Waals surface area contributed by atoms with Crippen molar-refractivity contribution in [2.45, 2.75) is 19.4 Å². The van der Waals surface area contributed by atoms with Crippen molar-refractivity contribution < 1.29 is 13.6 Å². The predicted molar refractivity (Wildman–Crippen MR) is 121 cm³/mol. The van der Waals surface area contributed by atoms with E-state index in [4.69, 9.17) is 0 Å².